The number of nitrogens with zero attached hydrogens (tertiary/aromatic N) is 2. The minimum absolute atomic E-state index is 0.0368. The number of benzene rings is 1. The van der Waals surface area contributed by atoms with E-state index in [9.17, 15) is 4.79 Å². The first kappa shape index (κ1) is 13.1. The Morgan fingerprint density at radius 2 is 1.90 bits per heavy atom. The summed E-state index contributed by atoms with van der Waals surface area (Å²) in [6.07, 6.45) is 3.28. The van der Waals surface area contributed by atoms with E-state index in [1.54, 1.807) is 6.20 Å². The standard InChI is InChI=1S/C17H20N2O/c1-12-4-6-13(7-5-12)11-19-15-8-17(2,3)9-16(20)14(15)10-18-19/h4-7,10H,8-9,11H2,1-3H3. The maximum Gasteiger partial charge on any atom is 0.166 e. The number of Topliss-reactive ketones (excluding diaryl/α,β-unsaturated/α-hetero) is 1. The molecule has 0 unspecified atom stereocenters. The molecule has 0 bridgehead atoms. The Bertz CT molecular complexity index is 650. The third-order valence-electron chi connectivity index (χ3n) is 3.99. The highest BCUT2D eigenvalue weighted by molar-refractivity contribution is 5.98. The molecule has 0 amide bonds. The van der Waals surface area contributed by atoms with Crippen molar-refractivity contribution in [2.45, 2.75) is 40.2 Å². The van der Waals surface area contributed by atoms with Crippen molar-refractivity contribution in [2.24, 2.45) is 5.41 Å². The molecule has 1 aromatic heterocycles. The van der Waals surface area contributed by atoms with Crippen LogP contribution >= 0.6 is 0 Å². The fourth-order valence-electron chi connectivity index (χ4n) is 2.88. The lowest BCUT2D eigenvalue weighted by molar-refractivity contribution is 0.0910. The smallest absolute Gasteiger partial charge is 0.166 e. The fourth-order valence-corrected chi connectivity index (χ4v) is 2.88. The molecule has 1 aromatic carbocycles. The van der Waals surface area contributed by atoms with Crippen molar-refractivity contribution in [2.75, 3.05) is 0 Å². The van der Waals surface area contributed by atoms with Gasteiger partial charge in [-0.25, -0.2) is 0 Å². The largest absolute Gasteiger partial charge is 0.294 e. The number of hydrogen-bond acceptors (Lipinski definition) is 2. The summed E-state index contributed by atoms with van der Waals surface area (Å²) in [6, 6.07) is 8.47. The molecule has 3 nitrogen and oxygen atoms in total. The molecule has 0 fully saturated rings. The van der Waals surface area contributed by atoms with Crippen LogP contribution in [0.1, 0.15) is 47.4 Å². The molecule has 0 saturated heterocycles. The lowest BCUT2D eigenvalue weighted by Gasteiger charge is -2.29. The van der Waals surface area contributed by atoms with Crippen molar-refractivity contribution in [3.05, 3.63) is 52.8 Å². The molecule has 20 heavy (non-hydrogen) atoms. The first-order chi connectivity index (χ1) is 9.44. The van der Waals surface area contributed by atoms with Gasteiger partial charge >= 0.3 is 0 Å². The first-order valence-corrected chi connectivity index (χ1v) is 7.08. The molecule has 0 N–H and O–H groups in total. The fraction of sp³-hybridized carbons (Fsp3) is 0.412. The average molecular weight is 268 g/mol. The predicted molar refractivity (Wildman–Crippen MR) is 78.9 cm³/mol. The second kappa shape index (κ2) is 4.58. The third-order valence-corrected chi connectivity index (χ3v) is 3.99. The second-order valence-corrected chi connectivity index (χ2v) is 6.59. The summed E-state index contributed by atoms with van der Waals surface area (Å²) in [4.78, 5) is 12.2. The zero-order valence-electron chi connectivity index (χ0n) is 12.3. The van der Waals surface area contributed by atoms with Gasteiger partial charge in [0.15, 0.2) is 5.78 Å². The number of carbonyl (C=O) groups is 1. The van der Waals surface area contributed by atoms with Gasteiger partial charge in [-0.3, -0.25) is 9.48 Å². The number of aromatic nitrogens is 2. The Kier molecular flexibility index (Phi) is 3.00. The van der Waals surface area contributed by atoms with Crippen LogP contribution in [0.25, 0.3) is 0 Å². The van der Waals surface area contributed by atoms with Gasteiger partial charge in [0.1, 0.15) is 0 Å². The van der Waals surface area contributed by atoms with E-state index >= 15 is 0 Å². The van der Waals surface area contributed by atoms with Gasteiger partial charge in [-0.1, -0.05) is 43.7 Å². The lowest BCUT2D eigenvalue weighted by atomic mass is 9.76. The monoisotopic (exact) mass is 268 g/mol. The summed E-state index contributed by atoms with van der Waals surface area (Å²) in [5, 5.41) is 4.43. The Labute approximate surface area is 119 Å². The van der Waals surface area contributed by atoms with Crippen molar-refractivity contribution < 1.29 is 4.79 Å². The van der Waals surface area contributed by atoms with Crippen LogP contribution < -0.4 is 0 Å². The maximum atomic E-state index is 12.2. The van der Waals surface area contributed by atoms with Crippen LogP contribution in [0, 0.1) is 12.3 Å². The number of aryl methyl sites for hydroxylation is 1. The quantitative estimate of drug-likeness (QED) is 0.836. The second-order valence-electron chi connectivity index (χ2n) is 6.59. The zero-order valence-corrected chi connectivity index (χ0v) is 12.3. The van der Waals surface area contributed by atoms with E-state index in [4.69, 9.17) is 0 Å². The molecule has 1 heterocycles. The first-order valence-electron chi connectivity index (χ1n) is 7.08. The molecule has 1 aliphatic carbocycles. The van der Waals surface area contributed by atoms with Crippen LogP contribution in [0.3, 0.4) is 0 Å². The SMILES string of the molecule is Cc1ccc(Cn2ncc3c2CC(C)(C)CC3=O)cc1. The van der Waals surface area contributed by atoms with E-state index in [0.29, 0.717) is 6.42 Å². The topological polar surface area (TPSA) is 34.9 Å². The summed E-state index contributed by atoms with van der Waals surface area (Å²) >= 11 is 0. The van der Waals surface area contributed by atoms with Gasteiger partial charge in [0, 0.05) is 6.42 Å². The van der Waals surface area contributed by atoms with E-state index in [1.807, 2.05) is 4.68 Å². The molecule has 0 atom stereocenters. The highest BCUT2D eigenvalue weighted by Crippen LogP contribution is 2.34. The van der Waals surface area contributed by atoms with E-state index in [2.05, 4.69) is 50.1 Å². The normalized spacial score (nSPS) is 17.1. The van der Waals surface area contributed by atoms with Gasteiger partial charge in [-0.15, -0.1) is 0 Å². The van der Waals surface area contributed by atoms with E-state index in [1.165, 1.54) is 11.1 Å². The molecule has 0 radical (unpaired) electrons. The van der Waals surface area contributed by atoms with Crippen LogP contribution in [0.2, 0.25) is 0 Å². The van der Waals surface area contributed by atoms with Gasteiger partial charge in [0.2, 0.25) is 0 Å². The molecule has 2 aromatic rings. The van der Waals surface area contributed by atoms with Crippen molar-refractivity contribution in [3.8, 4) is 0 Å². The van der Waals surface area contributed by atoms with Gasteiger partial charge in [0.25, 0.3) is 0 Å². The zero-order chi connectivity index (χ0) is 14.3. The van der Waals surface area contributed by atoms with Crippen molar-refractivity contribution in [1.29, 1.82) is 0 Å². The van der Waals surface area contributed by atoms with Crippen molar-refractivity contribution >= 4 is 5.78 Å². The van der Waals surface area contributed by atoms with Crippen LogP contribution in [0.15, 0.2) is 30.5 Å². The summed E-state index contributed by atoms with van der Waals surface area (Å²) in [5.74, 6) is 0.228. The molecule has 3 rings (SSSR count). The number of ketones is 1. The Hall–Kier alpha value is -1.90. The van der Waals surface area contributed by atoms with Crippen molar-refractivity contribution in [3.63, 3.8) is 0 Å². The number of rotatable bonds is 2. The van der Waals surface area contributed by atoms with E-state index in [-0.39, 0.29) is 11.2 Å². The lowest BCUT2D eigenvalue weighted by Crippen LogP contribution is -2.28. The molecule has 104 valence electrons. The van der Waals surface area contributed by atoms with Gasteiger partial charge in [-0.2, -0.15) is 5.10 Å². The third kappa shape index (κ3) is 2.40. The Morgan fingerprint density at radius 1 is 1.20 bits per heavy atom. The van der Waals surface area contributed by atoms with Crippen LogP contribution in [0.4, 0.5) is 0 Å². The molecular formula is C17H20N2O. The minimum Gasteiger partial charge on any atom is -0.294 e. The van der Waals surface area contributed by atoms with Gasteiger partial charge < -0.3 is 0 Å². The average Bonchev–Trinajstić information content (AvgIpc) is 2.74. The summed E-state index contributed by atoms with van der Waals surface area (Å²) < 4.78 is 1.98. The Balaban J connectivity index is 1.93. The summed E-state index contributed by atoms with van der Waals surface area (Å²) in [6.45, 7) is 7.12. The molecule has 0 spiro atoms. The van der Waals surface area contributed by atoms with Crippen LogP contribution in [0.5, 0.6) is 0 Å². The van der Waals surface area contributed by atoms with Crippen LogP contribution in [-0.4, -0.2) is 15.6 Å². The Morgan fingerprint density at radius 3 is 2.60 bits per heavy atom. The summed E-state index contributed by atoms with van der Waals surface area (Å²) in [5.41, 5.74) is 4.42. The maximum absolute atomic E-state index is 12.2. The highest BCUT2D eigenvalue weighted by Gasteiger charge is 2.33. The van der Waals surface area contributed by atoms with Crippen molar-refractivity contribution in [1.82, 2.24) is 9.78 Å². The molecule has 1 aliphatic rings. The summed E-state index contributed by atoms with van der Waals surface area (Å²) in [7, 11) is 0. The van der Waals surface area contributed by atoms with E-state index in [0.717, 1.165) is 24.2 Å². The molecular weight excluding hydrogens is 248 g/mol. The molecule has 0 aliphatic heterocycles. The predicted octanol–water partition coefficient (Wildman–Crippen LogP) is 3.39. The minimum atomic E-state index is 0.0368. The number of carbonyl (C=O) groups excluding carboxylic acids is 1. The number of hydrogen-bond donors (Lipinski definition) is 0. The highest BCUT2D eigenvalue weighted by atomic mass is 16.1. The van der Waals surface area contributed by atoms with Gasteiger partial charge in [-0.05, 0) is 24.3 Å². The van der Waals surface area contributed by atoms with Gasteiger partial charge in [0.05, 0.1) is 24.0 Å². The molecule has 0 saturated carbocycles. The van der Waals surface area contributed by atoms with Crippen LogP contribution in [-0.2, 0) is 13.0 Å². The van der Waals surface area contributed by atoms with E-state index < -0.39 is 0 Å². The molecule has 3 heteroatoms. The number of fused-ring (bicyclic) bond motifs is 1.